The molecule has 0 bridgehead atoms. The highest BCUT2D eigenvalue weighted by molar-refractivity contribution is 6.34. The first-order valence-corrected chi connectivity index (χ1v) is 8.09. The molecule has 3 rings (SSSR count). The average molecular weight is 405 g/mol. The molecule has 0 aliphatic carbocycles. The summed E-state index contributed by atoms with van der Waals surface area (Å²) in [6.45, 7) is 0.156. The number of imidazole rings is 1. The Morgan fingerprint density at radius 2 is 1.80 bits per heavy atom. The van der Waals surface area contributed by atoms with Crippen LogP contribution in [0.3, 0.4) is 0 Å². The van der Waals surface area contributed by atoms with E-state index in [9.17, 15) is 8.78 Å². The van der Waals surface area contributed by atoms with Crippen LogP contribution >= 0.6 is 34.8 Å². The average Bonchev–Trinajstić information content (AvgIpc) is 2.83. The monoisotopic (exact) mass is 403 g/mol. The van der Waals surface area contributed by atoms with Crippen LogP contribution in [0.5, 0.6) is 5.75 Å². The van der Waals surface area contributed by atoms with Crippen LogP contribution in [0.2, 0.25) is 15.6 Å². The lowest BCUT2D eigenvalue weighted by atomic mass is 10.1. The Balaban J connectivity index is 2.13. The van der Waals surface area contributed by atoms with E-state index in [2.05, 4.69) is 9.97 Å². The summed E-state index contributed by atoms with van der Waals surface area (Å²) in [5.74, 6) is -1.63. The molecule has 0 unspecified atom stereocenters. The Hall–Kier alpha value is -1.89. The molecule has 25 heavy (non-hydrogen) atoms. The van der Waals surface area contributed by atoms with Gasteiger partial charge in [0.2, 0.25) is 5.28 Å². The van der Waals surface area contributed by atoms with Gasteiger partial charge in [0.15, 0.2) is 5.15 Å². The van der Waals surface area contributed by atoms with Crippen LogP contribution in [0, 0.1) is 11.6 Å². The molecule has 4 nitrogen and oxygen atoms in total. The van der Waals surface area contributed by atoms with Gasteiger partial charge in [-0.25, -0.2) is 18.7 Å². The summed E-state index contributed by atoms with van der Waals surface area (Å²) >= 11 is 17.9. The first-order chi connectivity index (χ1) is 11.9. The number of methoxy groups -OCH3 is 1. The standard InChI is InChI=1S/C16H10Cl3F2N3O/c1-25-9-4-10(20)13(11(21)5-9)14-15(18)23-16(19)24(14)7-8-2-3-12(17)22-6-8/h2-6H,7H2,1H3. The van der Waals surface area contributed by atoms with Crippen molar-refractivity contribution in [3.8, 4) is 17.0 Å². The molecule has 0 saturated carbocycles. The van der Waals surface area contributed by atoms with Gasteiger partial charge in [-0.2, -0.15) is 0 Å². The van der Waals surface area contributed by atoms with Crippen LogP contribution < -0.4 is 4.74 Å². The highest BCUT2D eigenvalue weighted by Gasteiger charge is 2.24. The third-order valence-electron chi connectivity index (χ3n) is 3.50. The van der Waals surface area contributed by atoms with E-state index in [1.807, 2.05) is 0 Å². The maximum absolute atomic E-state index is 14.5. The Kier molecular flexibility index (Phi) is 5.13. The minimum absolute atomic E-state index is 0.00966. The van der Waals surface area contributed by atoms with Gasteiger partial charge in [0.1, 0.15) is 22.5 Å². The van der Waals surface area contributed by atoms with Crippen molar-refractivity contribution in [2.45, 2.75) is 6.54 Å². The maximum atomic E-state index is 14.5. The molecule has 130 valence electrons. The molecule has 1 aromatic carbocycles. The number of pyridine rings is 1. The number of ether oxygens (including phenoxy) is 1. The fraction of sp³-hybridized carbons (Fsp3) is 0.125. The van der Waals surface area contributed by atoms with Gasteiger partial charge in [0, 0.05) is 18.3 Å². The quantitative estimate of drug-likeness (QED) is 0.558. The number of rotatable bonds is 4. The molecule has 0 aliphatic rings. The lowest BCUT2D eigenvalue weighted by Crippen LogP contribution is -2.05. The van der Waals surface area contributed by atoms with E-state index in [0.29, 0.717) is 10.7 Å². The molecule has 0 N–H and O–H groups in total. The zero-order valence-corrected chi connectivity index (χ0v) is 15.0. The number of hydrogen-bond acceptors (Lipinski definition) is 3. The fourth-order valence-electron chi connectivity index (χ4n) is 2.36. The van der Waals surface area contributed by atoms with Crippen molar-refractivity contribution in [2.24, 2.45) is 0 Å². The highest BCUT2D eigenvalue weighted by Crippen LogP contribution is 2.36. The number of hydrogen-bond donors (Lipinski definition) is 0. The molecule has 0 radical (unpaired) electrons. The topological polar surface area (TPSA) is 39.9 Å². The van der Waals surface area contributed by atoms with Crippen LogP contribution in [0.1, 0.15) is 5.56 Å². The first-order valence-electron chi connectivity index (χ1n) is 6.96. The Morgan fingerprint density at radius 3 is 2.36 bits per heavy atom. The summed E-state index contributed by atoms with van der Waals surface area (Å²) in [6, 6.07) is 5.43. The molecule has 0 atom stereocenters. The van der Waals surface area contributed by atoms with E-state index in [4.69, 9.17) is 39.5 Å². The highest BCUT2D eigenvalue weighted by atomic mass is 35.5. The fourth-order valence-corrected chi connectivity index (χ4v) is 3.02. The minimum atomic E-state index is -0.842. The molecule has 0 amide bonds. The zero-order chi connectivity index (χ0) is 18.1. The number of nitrogens with zero attached hydrogens (tertiary/aromatic N) is 3. The van der Waals surface area contributed by atoms with Crippen molar-refractivity contribution >= 4 is 34.8 Å². The number of aromatic nitrogens is 3. The normalized spacial score (nSPS) is 11.0. The lowest BCUT2D eigenvalue weighted by Gasteiger charge is -2.12. The summed E-state index contributed by atoms with van der Waals surface area (Å²) < 4.78 is 35.2. The maximum Gasteiger partial charge on any atom is 0.205 e. The summed E-state index contributed by atoms with van der Waals surface area (Å²) in [6.07, 6.45) is 1.52. The third kappa shape index (κ3) is 3.56. The van der Waals surface area contributed by atoms with Gasteiger partial charge < -0.3 is 9.30 Å². The minimum Gasteiger partial charge on any atom is -0.497 e. The summed E-state index contributed by atoms with van der Waals surface area (Å²) in [7, 11) is 1.31. The van der Waals surface area contributed by atoms with E-state index in [0.717, 1.165) is 12.1 Å². The van der Waals surface area contributed by atoms with Crippen molar-refractivity contribution in [1.29, 1.82) is 0 Å². The largest absolute Gasteiger partial charge is 0.497 e. The van der Waals surface area contributed by atoms with Crippen molar-refractivity contribution in [1.82, 2.24) is 14.5 Å². The van der Waals surface area contributed by atoms with Crippen LogP contribution in [0.4, 0.5) is 8.78 Å². The van der Waals surface area contributed by atoms with Gasteiger partial charge in [-0.3, -0.25) is 0 Å². The van der Waals surface area contributed by atoms with Crippen molar-refractivity contribution in [2.75, 3.05) is 7.11 Å². The second-order valence-corrected chi connectivity index (χ2v) is 6.14. The molecular formula is C16H10Cl3F2N3O. The molecule has 9 heteroatoms. The van der Waals surface area contributed by atoms with E-state index >= 15 is 0 Å². The van der Waals surface area contributed by atoms with Gasteiger partial charge in [0.05, 0.1) is 24.9 Å². The molecule has 0 aliphatic heterocycles. The SMILES string of the molecule is COc1cc(F)c(-c2c(Cl)nc(Cl)n2Cc2ccc(Cl)nc2)c(F)c1. The molecular weight excluding hydrogens is 395 g/mol. The predicted molar refractivity (Wildman–Crippen MR) is 92.5 cm³/mol. The van der Waals surface area contributed by atoms with Crippen molar-refractivity contribution in [3.05, 3.63) is 63.3 Å². The van der Waals surface area contributed by atoms with Gasteiger partial charge in [0.25, 0.3) is 0 Å². The van der Waals surface area contributed by atoms with Crippen LogP contribution in [-0.2, 0) is 6.54 Å². The second kappa shape index (κ2) is 7.15. The molecule has 2 aromatic heterocycles. The van der Waals surface area contributed by atoms with Gasteiger partial charge in [-0.05, 0) is 23.2 Å². The Bertz CT molecular complexity index is 906. The van der Waals surface area contributed by atoms with E-state index in [-0.39, 0.29) is 34.0 Å². The van der Waals surface area contributed by atoms with Gasteiger partial charge in [-0.1, -0.05) is 29.3 Å². The summed E-state index contributed by atoms with van der Waals surface area (Å²) in [4.78, 5) is 7.87. The van der Waals surface area contributed by atoms with Gasteiger partial charge >= 0.3 is 0 Å². The van der Waals surface area contributed by atoms with E-state index < -0.39 is 11.6 Å². The molecule has 2 heterocycles. The van der Waals surface area contributed by atoms with Crippen molar-refractivity contribution in [3.63, 3.8) is 0 Å². The Morgan fingerprint density at radius 1 is 1.12 bits per heavy atom. The van der Waals surface area contributed by atoms with E-state index in [1.165, 1.54) is 17.9 Å². The van der Waals surface area contributed by atoms with Crippen LogP contribution in [-0.4, -0.2) is 21.6 Å². The number of halogens is 5. The van der Waals surface area contributed by atoms with Crippen molar-refractivity contribution < 1.29 is 13.5 Å². The molecule has 0 saturated heterocycles. The molecule has 3 aromatic rings. The van der Waals surface area contributed by atoms with Crippen LogP contribution in [0.15, 0.2) is 30.5 Å². The van der Waals surface area contributed by atoms with Gasteiger partial charge in [-0.15, -0.1) is 0 Å². The molecule has 0 spiro atoms. The summed E-state index contributed by atoms with van der Waals surface area (Å²) in [5.41, 5.74) is 0.391. The Labute approximate surface area is 156 Å². The summed E-state index contributed by atoms with van der Waals surface area (Å²) in [5, 5.41) is 0.199. The van der Waals surface area contributed by atoms with Crippen LogP contribution in [0.25, 0.3) is 11.3 Å². The third-order valence-corrected chi connectivity index (χ3v) is 4.27. The first kappa shape index (κ1) is 17.9. The lowest BCUT2D eigenvalue weighted by molar-refractivity contribution is 0.407. The molecule has 0 fully saturated rings. The zero-order valence-electron chi connectivity index (χ0n) is 12.7. The number of benzene rings is 1. The smallest absolute Gasteiger partial charge is 0.205 e. The van der Waals surface area contributed by atoms with E-state index in [1.54, 1.807) is 12.1 Å². The second-order valence-electron chi connectivity index (χ2n) is 5.06. The predicted octanol–water partition coefficient (Wildman–Crippen LogP) is 5.24.